The van der Waals surface area contributed by atoms with Crippen LogP contribution in [-0.2, 0) is 6.54 Å². The van der Waals surface area contributed by atoms with E-state index in [0.29, 0.717) is 0 Å². The average molecular weight is 263 g/mol. The zero-order valence-electron chi connectivity index (χ0n) is 11.8. The first kappa shape index (κ1) is 12.7. The molecule has 0 atom stereocenters. The molecule has 0 spiro atoms. The van der Waals surface area contributed by atoms with Gasteiger partial charge in [0.2, 0.25) is 0 Å². The fourth-order valence-corrected chi connectivity index (χ4v) is 2.71. The first-order chi connectivity index (χ1) is 9.66. The van der Waals surface area contributed by atoms with E-state index in [1.54, 1.807) is 6.92 Å². The number of carbonyl (C=O) groups is 1. The van der Waals surface area contributed by atoms with Gasteiger partial charge in [0.15, 0.2) is 5.78 Å². The Balaban J connectivity index is 2.04. The number of ketones is 1. The van der Waals surface area contributed by atoms with E-state index in [2.05, 4.69) is 47.0 Å². The van der Waals surface area contributed by atoms with Crippen molar-refractivity contribution in [2.75, 3.05) is 0 Å². The highest BCUT2D eigenvalue weighted by molar-refractivity contribution is 5.95. The normalized spacial score (nSPS) is 10.9. The van der Waals surface area contributed by atoms with E-state index in [1.807, 2.05) is 19.2 Å². The Morgan fingerprint density at radius 2 is 1.80 bits per heavy atom. The summed E-state index contributed by atoms with van der Waals surface area (Å²) < 4.78 is 2.14. The molecule has 0 aliphatic carbocycles. The Bertz CT molecular complexity index is 778. The number of aromatic nitrogens is 1. The van der Waals surface area contributed by atoms with E-state index in [-0.39, 0.29) is 5.78 Å². The minimum absolute atomic E-state index is 0.124. The summed E-state index contributed by atoms with van der Waals surface area (Å²) >= 11 is 0. The fourth-order valence-electron chi connectivity index (χ4n) is 2.71. The number of nitrogens with zero attached hydrogens (tertiary/aromatic N) is 1. The third-order valence-corrected chi connectivity index (χ3v) is 3.84. The van der Waals surface area contributed by atoms with Gasteiger partial charge < -0.3 is 4.57 Å². The standard InChI is InChI=1S/C18H17NO/c1-13-17(14(2)20)10-11-19(13)12-16-8-5-7-15-6-3-4-9-18(15)16/h3-11H,12H2,1-2H3. The van der Waals surface area contributed by atoms with Gasteiger partial charge in [-0.2, -0.15) is 0 Å². The lowest BCUT2D eigenvalue weighted by molar-refractivity contribution is 0.101. The second-order valence-electron chi connectivity index (χ2n) is 5.14. The molecule has 0 aliphatic rings. The smallest absolute Gasteiger partial charge is 0.161 e. The first-order valence-corrected chi connectivity index (χ1v) is 6.80. The van der Waals surface area contributed by atoms with Crippen molar-refractivity contribution in [3.63, 3.8) is 0 Å². The molecule has 0 saturated carbocycles. The maximum absolute atomic E-state index is 11.5. The van der Waals surface area contributed by atoms with E-state index in [0.717, 1.165) is 17.8 Å². The molecular weight excluding hydrogens is 246 g/mol. The Labute approximate surface area is 118 Å². The minimum Gasteiger partial charge on any atom is -0.347 e. The second-order valence-corrected chi connectivity index (χ2v) is 5.14. The van der Waals surface area contributed by atoms with E-state index in [4.69, 9.17) is 0 Å². The molecule has 0 amide bonds. The number of rotatable bonds is 3. The maximum atomic E-state index is 11.5. The van der Waals surface area contributed by atoms with Crippen LogP contribution in [-0.4, -0.2) is 10.4 Å². The van der Waals surface area contributed by atoms with Gasteiger partial charge in [-0.05, 0) is 36.2 Å². The van der Waals surface area contributed by atoms with Crippen LogP contribution in [0.15, 0.2) is 54.7 Å². The summed E-state index contributed by atoms with van der Waals surface area (Å²) in [6.07, 6.45) is 1.99. The second kappa shape index (κ2) is 4.97. The number of carbonyl (C=O) groups excluding carboxylic acids is 1. The Morgan fingerprint density at radius 3 is 2.55 bits per heavy atom. The topological polar surface area (TPSA) is 22.0 Å². The van der Waals surface area contributed by atoms with Crippen LogP contribution < -0.4 is 0 Å². The fraction of sp³-hybridized carbons (Fsp3) is 0.167. The molecule has 1 aromatic heterocycles. The van der Waals surface area contributed by atoms with E-state index >= 15 is 0 Å². The van der Waals surface area contributed by atoms with Gasteiger partial charge in [0.1, 0.15) is 0 Å². The van der Waals surface area contributed by atoms with E-state index < -0.39 is 0 Å². The molecule has 0 bridgehead atoms. The van der Waals surface area contributed by atoms with E-state index in [9.17, 15) is 4.79 Å². The molecule has 0 saturated heterocycles. The van der Waals surface area contributed by atoms with Gasteiger partial charge in [0.05, 0.1) is 0 Å². The molecule has 0 radical (unpaired) electrons. The third kappa shape index (κ3) is 2.14. The summed E-state index contributed by atoms with van der Waals surface area (Å²) in [5, 5.41) is 2.52. The van der Waals surface area contributed by atoms with Crippen molar-refractivity contribution in [1.29, 1.82) is 0 Å². The Morgan fingerprint density at radius 1 is 1.05 bits per heavy atom. The van der Waals surface area contributed by atoms with Crippen LogP contribution in [0.5, 0.6) is 0 Å². The summed E-state index contributed by atoms with van der Waals surface area (Å²) in [6, 6.07) is 16.7. The third-order valence-electron chi connectivity index (χ3n) is 3.84. The number of hydrogen-bond acceptors (Lipinski definition) is 1. The van der Waals surface area contributed by atoms with Crippen molar-refractivity contribution >= 4 is 16.6 Å². The highest BCUT2D eigenvalue weighted by Crippen LogP contribution is 2.21. The average Bonchev–Trinajstić information content (AvgIpc) is 2.81. The largest absolute Gasteiger partial charge is 0.347 e. The minimum atomic E-state index is 0.124. The number of benzene rings is 2. The predicted molar refractivity (Wildman–Crippen MR) is 82.2 cm³/mol. The van der Waals surface area contributed by atoms with Gasteiger partial charge in [0.25, 0.3) is 0 Å². The van der Waals surface area contributed by atoms with Gasteiger partial charge >= 0.3 is 0 Å². The molecule has 3 rings (SSSR count). The SMILES string of the molecule is CC(=O)c1ccn(Cc2cccc3ccccc23)c1C. The van der Waals surface area contributed by atoms with E-state index in [1.165, 1.54) is 16.3 Å². The number of Topliss-reactive ketones (excluding diaryl/α,β-unsaturated/α-hetero) is 1. The summed E-state index contributed by atoms with van der Waals surface area (Å²) in [4.78, 5) is 11.5. The van der Waals surface area contributed by atoms with Crippen LogP contribution in [0.3, 0.4) is 0 Å². The predicted octanol–water partition coefficient (Wildman–Crippen LogP) is 4.20. The molecule has 0 fully saturated rings. The Kier molecular flexibility index (Phi) is 3.15. The monoisotopic (exact) mass is 263 g/mol. The van der Waals surface area contributed by atoms with Crippen LogP contribution in [0.4, 0.5) is 0 Å². The van der Waals surface area contributed by atoms with Crippen LogP contribution in [0.2, 0.25) is 0 Å². The van der Waals surface area contributed by atoms with Crippen molar-refractivity contribution < 1.29 is 4.79 Å². The van der Waals surface area contributed by atoms with Crippen LogP contribution >= 0.6 is 0 Å². The lowest BCUT2D eigenvalue weighted by Crippen LogP contribution is -2.03. The molecule has 0 aliphatic heterocycles. The molecule has 2 nitrogen and oxygen atoms in total. The summed E-state index contributed by atoms with van der Waals surface area (Å²) in [5.41, 5.74) is 3.12. The molecule has 3 aromatic rings. The van der Waals surface area contributed by atoms with Crippen LogP contribution in [0, 0.1) is 6.92 Å². The number of fused-ring (bicyclic) bond motifs is 1. The molecule has 20 heavy (non-hydrogen) atoms. The maximum Gasteiger partial charge on any atom is 0.161 e. The summed E-state index contributed by atoms with van der Waals surface area (Å²) in [5.74, 6) is 0.124. The van der Waals surface area contributed by atoms with Crippen molar-refractivity contribution in [1.82, 2.24) is 4.57 Å². The first-order valence-electron chi connectivity index (χ1n) is 6.80. The van der Waals surface area contributed by atoms with Gasteiger partial charge in [-0.1, -0.05) is 42.5 Å². The van der Waals surface area contributed by atoms with Crippen molar-refractivity contribution in [3.05, 3.63) is 71.5 Å². The van der Waals surface area contributed by atoms with Crippen LogP contribution in [0.25, 0.3) is 10.8 Å². The van der Waals surface area contributed by atoms with Gasteiger partial charge in [-0.3, -0.25) is 4.79 Å². The van der Waals surface area contributed by atoms with Gasteiger partial charge in [0, 0.05) is 24.0 Å². The van der Waals surface area contributed by atoms with Crippen molar-refractivity contribution in [2.24, 2.45) is 0 Å². The summed E-state index contributed by atoms with van der Waals surface area (Å²) in [7, 11) is 0. The molecule has 1 heterocycles. The molecule has 2 heteroatoms. The zero-order chi connectivity index (χ0) is 14.1. The molecule has 0 N–H and O–H groups in total. The quantitative estimate of drug-likeness (QED) is 0.649. The Hall–Kier alpha value is -2.35. The van der Waals surface area contributed by atoms with Gasteiger partial charge in [-0.25, -0.2) is 0 Å². The molecular formula is C18H17NO. The van der Waals surface area contributed by atoms with Gasteiger partial charge in [-0.15, -0.1) is 0 Å². The zero-order valence-corrected chi connectivity index (χ0v) is 11.8. The number of hydrogen-bond donors (Lipinski definition) is 0. The lowest BCUT2D eigenvalue weighted by atomic mass is 10.0. The molecule has 100 valence electrons. The lowest BCUT2D eigenvalue weighted by Gasteiger charge is -2.10. The van der Waals surface area contributed by atoms with Crippen molar-refractivity contribution in [3.8, 4) is 0 Å². The van der Waals surface area contributed by atoms with Crippen molar-refractivity contribution in [2.45, 2.75) is 20.4 Å². The highest BCUT2D eigenvalue weighted by atomic mass is 16.1. The van der Waals surface area contributed by atoms with Crippen LogP contribution in [0.1, 0.15) is 28.5 Å². The molecule has 2 aromatic carbocycles. The highest BCUT2D eigenvalue weighted by Gasteiger charge is 2.09. The molecule has 0 unspecified atom stereocenters. The summed E-state index contributed by atoms with van der Waals surface area (Å²) in [6.45, 7) is 4.41.